The third kappa shape index (κ3) is 5.37. The standard InChI is InChI=1S/C8H18BrClO2Si/c1-4-11-13(5-2,7-6-9)12-8(3)10/h8H,4-7H2,1-3H3. The van der Waals surface area contributed by atoms with Crippen LogP contribution < -0.4 is 0 Å². The van der Waals surface area contributed by atoms with Gasteiger partial charge in [0.2, 0.25) is 0 Å². The summed E-state index contributed by atoms with van der Waals surface area (Å²) in [6, 6.07) is 1.90. The van der Waals surface area contributed by atoms with Gasteiger partial charge in [0.15, 0.2) is 0 Å². The van der Waals surface area contributed by atoms with Crippen molar-refractivity contribution >= 4 is 36.1 Å². The summed E-state index contributed by atoms with van der Waals surface area (Å²) in [6.07, 6.45) is 0. The Labute approximate surface area is 95.3 Å². The van der Waals surface area contributed by atoms with Crippen LogP contribution in [-0.2, 0) is 8.85 Å². The van der Waals surface area contributed by atoms with Crippen molar-refractivity contribution in [2.24, 2.45) is 0 Å². The van der Waals surface area contributed by atoms with Crippen LogP contribution in [0.25, 0.3) is 0 Å². The summed E-state index contributed by atoms with van der Waals surface area (Å²) >= 11 is 9.25. The first-order chi connectivity index (χ1) is 6.10. The molecule has 0 aromatic heterocycles. The van der Waals surface area contributed by atoms with Gasteiger partial charge in [0, 0.05) is 18.0 Å². The van der Waals surface area contributed by atoms with E-state index in [4.69, 9.17) is 20.5 Å². The van der Waals surface area contributed by atoms with Crippen molar-refractivity contribution < 1.29 is 8.85 Å². The largest absolute Gasteiger partial charge is 0.394 e. The Morgan fingerprint density at radius 3 is 2.38 bits per heavy atom. The van der Waals surface area contributed by atoms with Crippen LogP contribution in [0.1, 0.15) is 20.8 Å². The van der Waals surface area contributed by atoms with Gasteiger partial charge >= 0.3 is 8.56 Å². The lowest BCUT2D eigenvalue weighted by Crippen LogP contribution is -2.43. The lowest BCUT2D eigenvalue weighted by Gasteiger charge is -2.29. The number of rotatable bonds is 7. The summed E-state index contributed by atoms with van der Waals surface area (Å²) in [5.41, 5.74) is -0.253. The molecule has 0 amide bonds. The molecule has 0 N–H and O–H groups in total. The van der Waals surface area contributed by atoms with Crippen molar-refractivity contribution in [1.82, 2.24) is 0 Å². The molecule has 0 saturated carbocycles. The van der Waals surface area contributed by atoms with E-state index < -0.39 is 8.56 Å². The molecule has 0 aromatic rings. The van der Waals surface area contributed by atoms with Crippen molar-refractivity contribution in [2.45, 2.75) is 38.4 Å². The molecule has 13 heavy (non-hydrogen) atoms. The Bertz CT molecular complexity index is 129. The molecule has 2 unspecified atom stereocenters. The van der Waals surface area contributed by atoms with Gasteiger partial charge in [-0.05, 0) is 19.9 Å². The average Bonchev–Trinajstić information content (AvgIpc) is 2.04. The van der Waals surface area contributed by atoms with Gasteiger partial charge in [-0.25, -0.2) is 0 Å². The summed E-state index contributed by atoms with van der Waals surface area (Å²) in [5.74, 6) is 0. The SMILES string of the molecule is CCO[Si](CC)(CCBr)OC(C)Cl. The monoisotopic (exact) mass is 288 g/mol. The average molecular weight is 290 g/mol. The van der Waals surface area contributed by atoms with Gasteiger partial charge in [-0.1, -0.05) is 34.5 Å². The predicted octanol–water partition coefficient (Wildman–Crippen LogP) is 3.48. The van der Waals surface area contributed by atoms with E-state index in [2.05, 4.69) is 22.9 Å². The van der Waals surface area contributed by atoms with Gasteiger partial charge in [-0.2, -0.15) is 0 Å². The molecule has 0 aliphatic carbocycles. The molecule has 0 aromatic carbocycles. The quantitative estimate of drug-likeness (QED) is 0.528. The lowest BCUT2D eigenvalue weighted by molar-refractivity contribution is 0.167. The lowest BCUT2D eigenvalue weighted by atomic mass is 10.9. The molecule has 80 valence electrons. The third-order valence-electron chi connectivity index (χ3n) is 1.80. The van der Waals surface area contributed by atoms with E-state index in [1.165, 1.54) is 0 Å². The van der Waals surface area contributed by atoms with Crippen LogP contribution in [0.4, 0.5) is 0 Å². The highest BCUT2D eigenvalue weighted by Gasteiger charge is 2.35. The van der Waals surface area contributed by atoms with Crippen molar-refractivity contribution in [3.8, 4) is 0 Å². The van der Waals surface area contributed by atoms with Crippen LogP contribution >= 0.6 is 27.5 Å². The third-order valence-corrected chi connectivity index (χ3v) is 6.85. The van der Waals surface area contributed by atoms with Gasteiger partial charge in [0.1, 0.15) is 5.56 Å². The van der Waals surface area contributed by atoms with Crippen LogP contribution in [0.2, 0.25) is 12.1 Å². The van der Waals surface area contributed by atoms with Gasteiger partial charge < -0.3 is 8.85 Å². The molecule has 2 nitrogen and oxygen atoms in total. The molecule has 0 bridgehead atoms. The molecular weight excluding hydrogens is 272 g/mol. The molecular formula is C8H18BrClO2Si. The zero-order chi connectivity index (χ0) is 10.3. The topological polar surface area (TPSA) is 18.5 Å². The molecule has 0 saturated heterocycles. The zero-order valence-electron chi connectivity index (χ0n) is 8.48. The number of hydrogen-bond acceptors (Lipinski definition) is 2. The molecule has 2 atom stereocenters. The normalized spacial score (nSPS) is 18.2. The minimum atomic E-state index is -2.01. The van der Waals surface area contributed by atoms with Crippen LogP contribution in [0, 0.1) is 0 Å². The Morgan fingerprint density at radius 1 is 1.46 bits per heavy atom. The second-order valence-electron chi connectivity index (χ2n) is 2.80. The molecule has 5 heteroatoms. The fraction of sp³-hybridized carbons (Fsp3) is 1.00. The van der Waals surface area contributed by atoms with Crippen molar-refractivity contribution in [3.63, 3.8) is 0 Å². The molecule has 0 fully saturated rings. The van der Waals surface area contributed by atoms with E-state index in [1.54, 1.807) is 0 Å². The Hall–Kier alpha value is 0.907. The summed E-state index contributed by atoms with van der Waals surface area (Å²) in [4.78, 5) is 0. The summed E-state index contributed by atoms with van der Waals surface area (Å²) in [7, 11) is -2.01. The molecule has 0 heterocycles. The maximum atomic E-state index is 5.83. The molecule has 0 rings (SSSR count). The molecule has 0 spiro atoms. The molecule has 0 aliphatic heterocycles. The van der Waals surface area contributed by atoms with E-state index in [-0.39, 0.29) is 5.56 Å². The van der Waals surface area contributed by atoms with E-state index in [9.17, 15) is 0 Å². The van der Waals surface area contributed by atoms with Gasteiger partial charge in [-0.15, -0.1) is 0 Å². The maximum absolute atomic E-state index is 5.83. The van der Waals surface area contributed by atoms with E-state index in [0.29, 0.717) is 6.61 Å². The highest BCUT2D eigenvalue weighted by molar-refractivity contribution is 9.09. The summed E-state index contributed by atoms with van der Waals surface area (Å²) in [5, 5.41) is 0.913. The van der Waals surface area contributed by atoms with Crippen LogP contribution in [0.5, 0.6) is 0 Å². The highest BCUT2D eigenvalue weighted by Crippen LogP contribution is 2.22. The fourth-order valence-corrected chi connectivity index (χ4v) is 5.99. The minimum Gasteiger partial charge on any atom is -0.394 e. The fourth-order valence-electron chi connectivity index (χ4n) is 1.23. The smallest absolute Gasteiger partial charge is 0.339 e. The Kier molecular flexibility index (Phi) is 7.74. The first-order valence-electron chi connectivity index (χ1n) is 4.62. The van der Waals surface area contributed by atoms with Crippen molar-refractivity contribution in [2.75, 3.05) is 11.9 Å². The van der Waals surface area contributed by atoms with Gasteiger partial charge in [0.25, 0.3) is 0 Å². The zero-order valence-corrected chi connectivity index (χ0v) is 11.8. The Morgan fingerprint density at radius 2 is 2.08 bits per heavy atom. The first-order valence-corrected chi connectivity index (χ1v) is 8.41. The summed E-state index contributed by atoms with van der Waals surface area (Å²) in [6.45, 7) is 6.64. The number of halogens is 2. The van der Waals surface area contributed by atoms with Gasteiger partial charge in [-0.3, -0.25) is 0 Å². The second kappa shape index (κ2) is 7.23. The van der Waals surface area contributed by atoms with Crippen LogP contribution in [-0.4, -0.2) is 26.1 Å². The maximum Gasteiger partial charge on any atom is 0.339 e. The summed E-state index contributed by atoms with van der Waals surface area (Å²) < 4.78 is 11.5. The van der Waals surface area contributed by atoms with Crippen molar-refractivity contribution in [1.29, 1.82) is 0 Å². The number of alkyl halides is 2. The van der Waals surface area contributed by atoms with Crippen LogP contribution in [0.3, 0.4) is 0 Å². The van der Waals surface area contributed by atoms with Crippen LogP contribution in [0.15, 0.2) is 0 Å². The second-order valence-corrected chi connectivity index (χ2v) is 7.76. The van der Waals surface area contributed by atoms with E-state index in [0.717, 1.165) is 17.4 Å². The van der Waals surface area contributed by atoms with E-state index >= 15 is 0 Å². The Balaban J connectivity index is 4.24. The van der Waals surface area contributed by atoms with Crippen molar-refractivity contribution in [3.05, 3.63) is 0 Å². The highest BCUT2D eigenvalue weighted by atomic mass is 79.9. The predicted molar refractivity (Wildman–Crippen MR) is 62.9 cm³/mol. The molecule has 0 aliphatic rings. The number of hydrogen-bond donors (Lipinski definition) is 0. The minimum absolute atomic E-state index is 0.253. The molecule has 0 radical (unpaired) electrons. The first kappa shape index (κ1) is 13.9. The van der Waals surface area contributed by atoms with Gasteiger partial charge in [0.05, 0.1) is 0 Å². The van der Waals surface area contributed by atoms with E-state index in [1.807, 2.05) is 13.8 Å².